The molecule has 0 aliphatic carbocycles. The van der Waals surface area contributed by atoms with Gasteiger partial charge < -0.3 is 5.11 Å². The van der Waals surface area contributed by atoms with E-state index in [4.69, 9.17) is 5.11 Å². The number of aromatic nitrogens is 3. The molecule has 110 valence electrons. The van der Waals surface area contributed by atoms with Crippen LogP contribution in [0.4, 0.5) is 4.39 Å². The van der Waals surface area contributed by atoms with Crippen LogP contribution in [0.5, 0.6) is 0 Å². The summed E-state index contributed by atoms with van der Waals surface area (Å²) in [6.07, 6.45) is 0. The first-order valence-corrected chi connectivity index (χ1v) is 6.08. The first-order valence-electron chi connectivity index (χ1n) is 6.08. The molecule has 1 aromatic carbocycles. The standard InChI is InChI=1S/C13H12FN3O4/c1-7(2)16-11(18)10(12(19)20)15-17(13(16)21)9-5-3-8(14)4-6-9/h3-7H,1-2H3,(H,19,20). The Bertz CT molecular complexity index is 806. The molecule has 0 radical (unpaired) electrons. The molecule has 1 heterocycles. The van der Waals surface area contributed by atoms with Crippen molar-refractivity contribution in [1.29, 1.82) is 0 Å². The lowest BCUT2D eigenvalue weighted by Crippen LogP contribution is -2.44. The number of hydrogen-bond donors (Lipinski definition) is 1. The van der Waals surface area contributed by atoms with Crippen LogP contribution in [-0.4, -0.2) is 25.4 Å². The topological polar surface area (TPSA) is 94.2 Å². The number of hydrogen-bond acceptors (Lipinski definition) is 4. The van der Waals surface area contributed by atoms with Crippen LogP contribution in [0.15, 0.2) is 33.9 Å². The van der Waals surface area contributed by atoms with Gasteiger partial charge in [-0.25, -0.2) is 14.0 Å². The van der Waals surface area contributed by atoms with Crippen molar-refractivity contribution in [3.8, 4) is 5.69 Å². The van der Waals surface area contributed by atoms with Gasteiger partial charge in [0.2, 0.25) is 5.69 Å². The lowest BCUT2D eigenvalue weighted by Gasteiger charge is -2.12. The van der Waals surface area contributed by atoms with Gasteiger partial charge in [0.05, 0.1) is 5.69 Å². The molecular weight excluding hydrogens is 281 g/mol. The van der Waals surface area contributed by atoms with E-state index in [1.54, 1.807) is 13.8 Å². The number of carbonyl (C=O) groups is 1. The van der Waals surface area contributed by atoms with Gasteiger partial charge in [-0.1, -0.05) is 0 Å². The molecule has 0 amide bonds. The molecule has 21 heavy (non-hydrogen) atoms. The maximum Gasteiger partial charge on any atom is 0.362 e. The monoisotopic (exact) mass is 293 g/mol. The second kappa shape index (κ2) is 5.31. The molecule has 0 atom stereocenters. The van der Waals surface area contributed by atoms with Gasteiger partial charge in [-0.05, 0) is 38.1 Å². The summed E-state index contributed by atoms with van der Waals surface area (Å²) < 4.78 is 14.5. The lowest BCUT2D eigenvalue weighted by atomic mass is 10.3. The zero-order chi connectivity index (χ0) is 15.7. The van der Waals surface area contributed by atoms with E-state index in [-0.39, 0.29) is 5.69 Å². The smallest absolute Gasteiger partial charge is 0.362 e. The Labute approximate surface area is 117 Å². The molecule has 0 saturated heterocycles. The third kappa shape index (κ3) is 2.60. The lowest BCUT2D eigenvalue weighted by molar-refractivity contribution is 0.0684. The number of rotatable bonds is 3. The van der Waals surface area contributed by atoms with E-state index >= 15 is 0 Å². The van der Waals surface area contributed by atoms with Gasteiger partial charge >= 0.3 is 11.7 Å². The Hall–Kier alpha value is -2.77. The maximum absolute atomic E-state index is 12.9. The normalized spacial score (nSPS) is 10.9. The van der Waals surface area contributed by atoms with Gasteiger partial charge in [0.15, 0.2) is 0 Å². The molecule has 0 fully saturated rings. The highest BCUT2D eigenvalue weighted by atomic mass is 19.1. The van der Waals surface area contributed by atoms with Crippen LogP contribution in [-0.2, 0) is 0 Å². The highest BCUT2D eigenvalue weighted by Crippen LogP contribution is 2.06. The maximum atomic E-state index is 12.9. The van der Waals surface area contributed by atoms with Crippen LogP contribution in [0.3, 0.4) is 0 Å². The van der Waals surface area contributed by atoms with Gasteiger partial charge in [-0.2, -0.15) is 9.78 Å². The Kier molecular flexibility index (Phi) is 3.70. The number of benzene rings is 1. The number of halogens is 1. The van der Waals surface area contributed by atoms with Gasteiger partial charge in [-0.15, -0.1) is 0 Å². The molecule has 7 nitrogen and oxygen atoms in total. The summed E-state index contributed by atoms with van der Waals surface area (Å²) in [5.74, 6) is -2.05. The SMILES string of the molecule is CC(C)n1c(=O)c(C(=O)O)nn(-c2ccc(F)cc2)c1=O. The Morgan fingerprint density at radius 2 is 1.81 bits per heavy atom. The van der Waals surface area contributed by atoms with Gasteiger partial charge in [0.25, 0.3) is 5.56 Å². The first-order chi connectivity index (χ1) is 9.82. The largest absolute Gasteiger partial charge is 0.476 e. The zero-order valence-electron chi connectivity index (χ0n) is 11.3. The summed E-state index contributed by atoms with van der Waals surface area (Å²) in [5, 5.41) is 12.6. The zero-order valence-corrected chi connectivity index (χ0v) is 11.3. The van der Waals surface area contributed by atoms with Crippen molar-refractivity contribution in [2.75, 3.05) is 0 Å². The van der Waals surface area contributed by atoms with Gasteiger partial charge in [0.1, 0.15) is 5.82 Å². The highest BCUT2D eigenvalue weighted by molar-refractivity contribution is 5.84. The van der Waals surface area contributed by atoms with Crippen molar-refractivity contribution in [2.45, 2.75) is 19.9 Å². The summed E-state index contributed by atoms with van der Waals surface area (Å²) >= 11 is 0. The fourth-order valence-electron chi connectivity index (χ4n) is 1.83. The summed E-state index contributed by atoms with van der Waals surface area (Å²) in [7, 11) is 0. The Morgan fingerprint density at radius 3 is 2.29 bits per heavy atom. The molecule has 2 aromatic rings. The van der Waals surface area contributed by atoms with Crippen LogP contribution in [0.2, 0.25) is 0 Å². The van der Waals surface area contributed by atoms with E-state index in [0.29, 0.717) is 0 Å². The molecule has 0 unspecified atom stereocenters. The van der Waals surface area contributed by atoms with Crippen LogP contribution >= 0.6 is 0 Å². The van der Waals surface area contributed by atoms with Crippen molar-refractivity contribution < 1.29 is 14.3 Å². The third-order valence-corrected chi connectivity index (χ3v) is 2.80. The van der Waals surface area contributed by atoms with E-state index in [0.717, 1.165) is 21.4 Å². The number of nitrogens with zero attached hydrogens (tertiary/aromatic N) is 3. The summed E-state index contributed by atoms with van der Waals surface area (Å²) in [4.78, 5) is 35.3. The molecular formula is C13H12FN3O4. The van der Waals surface area contributed by atoms with Crippen molar-refractivity contribution in [1.82, 2.24) is 14.3 Å². The Morgan fingerprint density at radius 1 is 1.24 bits per heavy atom. The molecule has 1 aromatic heterocycles. The van der Waals surface area contributed by atoms with Crippen LogP contribution in [0.1, 0.15) is 30.4 Å². The van der Waals surface area contributed by atoms with Crippen molar-refractivity contribution in [3.05, 3.63) is 56.6 Å². The molecule has 8 heteroatoms. The van der Waals surface area contributed by atoms with E-state index in [1.165, 1.54) is 12.1 Å². The fourth-order valence-corrected chi connectivity index (χ4v) is 1.83. The molecule has 0 aliphatic heterocycles. The quantitative estimate of drug-likeness (QED) is 0.903. The van der Waals surface area contributed by atoms with Gasteiger partial charge in [-0.3, -0.25) is 9.36 Å². The van der Waals surface area contributed by atoms with Gasteiger partial charge in [0, 0.05) is 6.04 Å². The predicted octanol–water partition coefficient (Wildman–Crippen LogP) is 0.812. The third-order valence-electron chi connectivity index (χ3n) is 2.80. The van der Waals surface area contributed by atoms with Crippen molar-refractivity contribution in [2.24, 2.45) is 0 Å². The number of carboxylic acids is 1. The van der Waals surface area contributed by atoms with E-state index in [1.807, 2.05) is 0 Å². The minimum absolute atomic E-state index is 0.165. The number of carboxylic acid groups (broad SMARTS) is 1. The average molecular weight is 293 g/mol. The molecule has 0 aliphatic rings. The fraction of sp³-hybridized carbons (Fsp3) is 0.231. The van der Waals surface area contributed by atoms with Crippen LogP contribution in [0, 0.1) is 5.82 Å². The van der Waals surface area contributed by atoms with E-state index in [2.05, 4.69) is 5.10 Å². The summed E-state index contributed by atoms with van der Waals surface area (Å²) in [6.45, 7) is 3.15. The predicted molar refractivity (Wildman–Crippen MR) is 71.4 cm³/mol. The number of aromatic carboxylic acids is 1. The summed E-state index contributed by atoms with van der Waals surface area (Å²) in [6, 6.07) is 4.20. The molecule has 2 rings (SSSR count). The minimum atomic E-state index is -1.54. The molecule has 0 bridgehead atoms. The van der Waals surface area contributed by atoms with Crippen molar-refractivity contribution in [3.63, 3.8) is 0 Å². The summed E-state index contributed by atoms with van der Waals surface area (Å²) in [5.41, 5.74) is -2.36. The molecule has 1 N–H and O–H groups in total. The second-order valence-electron chi connectivity index (χ2n) is 4.59. The highest BCUT2D eigenvalue weighted by Gasteiger charge is 2.20. The first kappa shape index (κ1) is 14.6. The van der Waals surface area contributed by atoms with Crippen LogP contribution < -0.4 is 11.2 Å². The van der Waals surface area contributed by atoms with Crippen LogP contribution in [0.25, 0.3) is 5.69 Å². The molecule has 0 spiro atoms. The minimum Gasteiger partial charge on any atom is -0.476 e. The van der Waals surface area contributed by atoms with E-state index in [9.17, 15) is 18.8 Å². The van der Waals surface area contributed by atoms with E-state index < -0.39 is 34.8 Å². The average Bonchev–Trinajstić information content (AvgIpc) is 2.39. The Balaban J connectivity index is 2.84. The molecule has 0 saturated carbocycles. The van der Waals surface area contributed by atoms with Crippen molar-refractivity contribution >= 4 is 5.97 Å². The second-order valence-corrected chi connectivity index (χ2v) is 4.59.